The maximum atomic E-state index is 12.0. The van der Waals surface area contributed by atoms with Gasteiger partial charge in [0.25, 0.3) is 0 Å². The highest BCUT2D eigenvalue weighted by atomic mass is 32.2. The first-order valence-electron chi connectivity index (χ1n) is 16.0. The van der Waals surface area contributed by atoms with Crippen molar-refractivity contribution in [1.82, 2.24) is 9.88 Å². The van der Waals surface area contributed by atoms with E-state index in [2.05, 4.69) is 80.2 Å². The predicted octanol–water partition coefficient (Wildman–Crippen LogP) is 7.62. The zero-order valence-electron chi connectivity index (χ0n) is 27.2. The molecule has 1 aromatic heterocycles. The molecule has 8 nitrogen and oxygen atoms in total. The number of benzene rings is 4. The number of fused-ring (bicyclic) bond motifs is 3. The van der Waals surface area contributed by atoms with Crippen LogP contribution < -0.4 is 14.6 Å². The van der Waals surface area contributed by atoms with Gasteiger partial charge >= 0.3 is 0 Å². The van der Waals surface area contributed by atoms with Crippen molar-refractivity contribution in [3.05, 3.63) is 102 Å². The summed E-state index contributed by atoms with van der Waals surface area (Å²) in [6, 6.07) is 32.3. The number of nitrogens with zero attached hydrogens (tertiary/aromatic N) is 1. The van der Waals surface area contributed by atoms with Gasteiger partial charge in [-0.15, -0.1) is 0 Å². The van der Waals surface area contributed by atoms with Gasteiger partial charge in [-0.3, -0.25) is 0 Å². The number of hydrogen-bond donors (Lipinski definition) is 2. The zero-order valence-corrected chi connectivity index (χ0v) is 29.0. The monoisotopic (exact) mass is 659 g/mol. The highest BCUT2D eigenvalue weighted by Crippen LogP contribution is 2.32. The van der Waals surface area contributed by atoms with Crippen LogP contribution in [0.4, 0.5) is 0 Å². The quantitative estimate of drug-likeness (QED) is 0.106. The Morgan fingerprint density at radius 2 is 1.54 bits per heavy atom. The summed E-state index contributed by atoms with van der Waals surface area (Å²) in [5.74, 6) is 1.08. The second kappa shape index (κ2) is 14.8. The van der Waals surface area contributed by atoms with E-state index in [1.807, 2.05) is 24.3 Å². The highest BCUT2D eigenvalue weighted by Gasteiger charge is 2.33. The molecule has 4 aromatic carbocycles. The van der Waals surface area contributed by atoms with E-state index in [0.29, 0.717) is 13.2 Å². The van der Waals surface area contributed by atoms with Crippen molar-refractivity contribution in [3.8, 4) is 11.5 Å². The number of ether oxygens (including phenoxy) is 2. The van der Waals surface area contributed by atoms with Gasteiger partial charge in [0.1, 0.15) is 29.6 Å². The van der Waals surface area contributed by atoms with Crippen molar-refractivity contribution in [2.45, 2.75) is 56.5 Å². The molecule has 0 unspecified atom stereocenters. The Morgan fingerprint density at radius 1 is 0.826 bits per heavy atom. The standard InChI is InChI=1S/C36H45N3O5SSi/c1-5-46(6-2,7-3)44-35(28-14-12-13-27(23-28)26-43-34-17-10-11-18-36(34)45(37,40)41)25-39(4)21-22-42-29-19-20-31-30-15-8-9-16-32(30)38-33(31)24-29/h8-20,23-24,35,38H,5-7,21-22,25-26H2,1-4H3,(H2,37,40,41)/t35-/m0/s1. The van der Waals surface area contributed by atoms with Gasteiger partial charge in [-0.2, -0.15) is 0 Å². The van der Waals surface area contributed by atoms with Crippen molar-refractivity contribution in [2.24, 2.45) is 5.14 Å². The van der Waals surface area contributed by atoms with E-state index in [9.17, 15) is 8.42 Å². The fraction of sp³-hybridized carbons (Fsp3) is 0.333. The summed E-state index contributed by atoms with van der Waals surface area (Å²) < 4.78 is 43.3. The smallest absolute Gasteiger partial charge is 0.241 e. The van der Waals surface area contributed by atoms with Gasteiger partial charge in [-0.05, 0) is 72.7 Å². The Bertz CT molecular complexity index is 1860. The molecule has 5 aromatic rings. The van der Waals surface area contributed by atoms with E-state index in [4.69, 9.17) is 19.0 Å². The normalized spacial score (nSPS) is 13.0. The molecule has 10 heteroatoms. The summed E-state index contributed by atoms with van der Waals surface area (Å²) in [7, 11) is -3.74. The van der Waals surface area contributed by atoms with E-state index in [1.165, 1.54) is 16.8 Å². The molecule has 0 spiro atoms. The second-order valence-electron chi connectivity index (χ2n) is 11.9. The van der Waals surface area contributed by atoms with E-state index in [1.54, 1.807) is 18.2 Å². The van der Waals surface area contributed by atoms with Gasteiger partial charge in [-0.25, -0.2) is 13.6 Å². The molecular weight excluding hydrogens is 615 g/mol. The Balaban J connectivity index is 1.27. The predicted molar refractivity (Wildman–Crippen MR) is 188 cm³/mol. The molecule has 0 fully saturated rings. The lowest BCUT2D eigenvalue weighted by Crippen LogP contribution is -2.40. The molecule has 46 heavy (non-hydrogen) atoms. The molecule has 244 valence electrons. The molecule has 0 amide bonds. The van der Waals surface area contributed by atoms with Crippen LogP contribution in [-0.4, -0.2) is 53.4 Å². The summed E-state index contributed by atoms with van der Waals surface area (Å²) in [5, 5.41) is 7.81. The average Bonchev–Trinajstić information content (AvgIpc) is 3.43. The van der Waals surface area contributed by atoms with E-state index in [-0.39, 0.29) is 23.4 Å². The van der Waals surface area contributed by atoms with Gasteiger partial charge in [0.2, 0.25) is 10.0 Å². The summed E-state index contributed by atoms with van der Waals surface area (Å²) in [6.07, 6.45) is -0.129. The van der Waals surface area contributed by atoms with Crippen LogP contribution in [0.1, 0.15) is 38.0 Å². The van der Waals surface area contributed by atoms with Crippen LogP contribution >= 0.6 is 0 Å². The van der Waals surface area contributed by atoms with Crippen LogP contribution in [0.15, 0.2) is 95.9 Å². The van der Waals surface area contributed by atoms with E-state index in [0.717, 1.165) is 52.6 Å². The fourth-order valence-electron chi connectivity index (χ4n) is 5.98. The van der Waals surface area contributed by atoms with E-state index >= 15 is 0 Å². The summed E-state index contributed by atoms with van der Waals surface area (Å²) in [5.41, 5.74) is 4.18. The van der Waals surface area contributed by atoms with Crippen molar-refractivity contribution < 1.29 is 22.3 Å². The highest BCUT2D eigenvalue weighted by molar-refractivity contribution is 7.89. The van der Waals surface area contributed by atoms with Gasteiger partial charge in [0.05, 0.1) is 11.6 Å². The minimum atomic E-state index is -3.90. The molecule has 0 radical (unpaired) electrons. The third kappa shape index (κ3) is 7.99. The fourth-order valence-corrected chi connectivity index (χ4v) is 9.47. The lowest BCUT2D eigenvalue weighted by molar-refractivity contribution is 0.127. The maximum Gasteiger partial charge on any atom is 0.241 e. The molecule has 0 aliphatic heterocycles. The number of hydrogen-bond acceptors (Lipinski definition) is 6. The maximum absolute atomic E-state index is 12.0. The van der Waals surface area contributed by atoms with Crippen molar-refractivity contribution in [3.63, 3.8) is 0 Å². The van der Waals surface area contributed by atoms with E-state index < -0.39 is 18.3 Å². The third-order valence-electron chi connectivity index (χ3n) is 8.89. The molecule has 0 bridgehead atoms. The minimum Gasteiger partial charge on any atom is -0.492 e. The molecule has 0 aliphatic carbocycles. The number of aromatic amines is 1. The summed E-state index contributed by atoms with van der Waals surface area (Å²) >= 11 is 0. The van der Waals surface area contributed by atoms with Crippen LogP contribution in [0.25, 0.3) is 21.8 Å². The van der Waals surface area contributed by atoms with Crippen LogP contribution in [0.2, 0.25) is 18.1 Å². The second-order valence-corrected chi connectivity index (χ2v) is 18.1. The number of rotatable bonds is 16. The van der Waals surface area contributed by atoms with Crippen LogP contribution in [0.3, 0.4) is 0 Å². The zero-order chi connectivity index (χ0) is 32.7. The number of nitrogens with one attached hydrogen (secondary N) is 1. The number of sulfonamides is 1. The number of primary sulfonamides is 1. The van der Waals surface area contributed by atoms with Crippen LogP contribution in [0, 0.1) is 0 Å². The number of aromatic nitrogens is 1. The first kappa shape index (κ1) is 33.7. The minimum absolute atomic E-state index is 0.0259. The largest absolute Gasteiger partial charge is 0.492 e. The van der Waals surface area contributed by atoms with Crippen molar-refractivity contribution in [1.29, 1.82) is 0 Å². The Hall–Kier alpha value is -3.67. The Kier molecular flexibility index (Phi) is 10.9. The molecule has 1 atom stereocenters. The number of likely N-dealkylation sites (N-methyl/N-ethyl adjacent to an activating group) is 1. The van der Waals surface area contributed by atoms with Gasteiger partial charge in [0, 0.05) is 35.4 Å². The van der Waals surface area contributed by atoms with Crippen molar-refractivity contribution >= 4 is 40.1 Å². The first-order valence-corrected chi connectivity index (χ1v) is 20.1. The molecular formula is C36H45N3O5SSi. The Morgan fingerprint density at radius 3 is 2.30 bits per heavy atom. The first-order chi connectivity index (χ1) is 22.1. The van der Waals surface area contributed by atoms with Gasteiger partial charge < -0.3 is 23.8 Å². The number of H-pyrrole nitrogens is 1. The molecule has 3 N–H and O–H groups in total. The average molecular weight is 660 g/mol. The Labute approximate surface area is 273 Å². The molecule has 0 saturated heterocycles. The lowest BCUT2D eigenvalue weighted by atomic mass is 10.1. The van der Waals surface area contributed by atoms with Crippen LogP contribution in [0.5, 0.6) is 11.5 Å². The number of para-hydroxylation sites is 2. The topological polar surface area (TPSA) is 107 Å². The third-order valence-corrected chi connectivity index (χ3v) is 14.5. The molecule has 0 aliphatic rings. The SMILES string of the molecule is CC[Si](CC)(CC)O[C@@H](CN(C)CCOc1ccc2c(c1)[nH]c1ccccc12)c1cccc(COc2ccccc2S(N)(=O)=O)c1. The molecule has 1 heterocycles. The number of nitrogens with two attached hydrogens (primary N) is 1. The van der Waals surface area contributed by atoms with Crippen molar-refractivity contribution in [2.75, 3.05) is 26.7 Å². The summed E-state index contributed by atoms with van der Waals surface area (Å²) in [6.45, 7) is 8.91. The molecule has 5 rings (SSSR count). The van der Waals surface area contributed by atoms with Gasteiger partial charge in [-0.1, -0.05) is 69.3 Å². The molecule has 0 saturated carbocycles. The lowest BCUT2D eigenvalue weighted by Gasteiger charge is -2.35. The van der Waals surface area contributed by atoms with Crippen LogP contribution in [-0.2, 0) is 21.1 Å². The van der Waals surface area contributed by atoms with Gasteiger partial charge in [0.15, 0.2) is 8.32 Å². The summed E-state index contributed by atoms with van der Waals surface area (Å²) in [4.78, 5) is 5.72.